The number of hydrogen-bond acceptors (Lipinski definition) is 4. The summed E-state index contributed by atoms with van der Waals surface area (Å²) < 4.78 is 39.1. The molecule has 0 bridgehead atoms. The minimum atomic E-state index is -4.58. The van der Waals surface area contributed by atoms with Gasteiger partial charge in [-0.25, -0.2) is 0 Å². The van der Waals surface area contributed by atoms with Crippen LogP contribution in [-0.2, 0) is 6.18 Å². The molecule has 122 valence electrons. The number of non-ortho nitro benzene ring substituents is 1. The number of aromatic nitrogens is 2. The Hall–Kier alpha value is -3.23. The number of nitrogens with zero attached hydrogens (tertiary/aromatic N) is 3. The predicted octanol–water partition coefficient (Wildman–Crippen LogP) is 3.31. The van der Waals surface area contributed by atoms with Gasteiger partial charge in [0.05, 0.1) is 22.4 Å². The minimum absolute atomic E-state index is 0.130. The molecule has 3 rings (SSSR count). The Kier molecular flexibility index (Phi) is 3.55. The molecule has 0 amide bonds. The molecule has 1 aromatic heterocycles. The van der Waals surface area contributed by atoms with E-state index in [9.17, 15) is 28.1 Å². The smallest absolute Gasteiger partial charge is 0.266 e. The second kappa shape index (κ2) is 5.44. The quantitative estimate of drug-likeness (QED) is 0.532. The lowest BCUT2D eigenvalue weighted by atomic mass is 10.1. The van der Waals surface area contributed by atoms with Crippen LogP contribution in [0.15, 0.2) is 53.5 Å². The third-order valence-corrected chi connectivity index (χ3v) is 3.41. The van der Waals surface area contributed by atoms with Gasteiger partial charge in [0, 0.05) is 11.5 Å². The van der Waals surface area contributed by atoms with Crippen LogP contribution in [-0.4, -0.2) is 14.7 Å². The average molecular weight is 335 g/mol. The summed E-state index contributed by atoms with van der Waals surface area (Å²) in [6.45, 7) is 0. The van der Waals surface area contributed by atoms with Gasteiger partial charge in [-0.05, 0) is 18.2 Å². The van der Waals surface area contributed by atoms with Crippen LogP contribution < -0.4 is 5.56 Å². The fourth-order valence-electron chi connectivity index (χ4n) is 2.33. The number of hydrogen-bond donors (Lipinski definition) is 0. The second-order valence-corrected chi connectivity index (χ2v) is 4.91. The second-order valence-electron chi connectivity index (χ2n) is 4.91. The summed E-state index contributed by atoms with van der Waals surface area (Å²) in [4.78, 5) is 22.9. The lowest BCUT2D eigenvalue weighted by Gasteiger charge is -2.10. The first kappa shape index (κ1) is 15.7. The van der Waals surface area contributed by atoms with Crippen LogP contribution in [0.5, 0.6) is 0 Å². The normalized spacial score (nSPS) is 11.6. The number of nitro groups is 1. The summed E-state index contributed by atoms with van der Waals surface area (Å²) in [5.41, 5.74) is -2.37. The van der Waals surface area contributed by atoms with Crippen molar-refractivity contribution in [3.8, 4) is 5.69 Å². The van der Waals surface area contributed by atoms with Gasteiger partial charge < -0.3 is 0 Å². The van der Waals surface area contributed by atoms with E-state index in [1.54, 1.807) is 0 Å². The molecule has 0 radical (unpaired) electrons. The van der Waals surface area contributed by atoms with Crippen molar-refractivity contribution >= 4 is 16.5 Å². The molecular weight excluding hydrogens is 327 g/mol. The molecule has 0 aliphatic heterocycles. The summed E-state index contributed by atoms with van der Waals surface area (Å²) in [5, 5.41) is 14.9. The standard InChI is InChI=1S/C15H8F3N3O3/c16-15(17,18)10-4-2-5-11(7-10)20-14(22)13-9(8-19-20)3-1-6-12(13)21(23)24/h1-8H. The van der Waals surface area contributed by atoms with E-state index >= 15 is 0 Å². The molecule has 0 unspecified atom stereocenters. The molecule has 9 heteroatoms. The Bertz CT molecular complexity index is 1010. The van der Waals surface area contributed by atoms with E-state index in [1.807, 2.05) is 0 Å². The van der Waals surface area contributed by atoms with Gasteiger partial charge in [0.2, 0.25) is 0 Å². The zero-order valence-corrected chi connectivity index (χ0v) is 11.8. The molecule has 6 nitrogen and oxygen atoms in total. The molecule has 0 atom stereocenters. The Morgan fingerprint density at radius 1 is 1.12 bits per heavy atom. The van der Waals surface area contributed by atoms with Gasteiger partial charge >= 0.3 is 6.18 Å². The number of nitro benzene ring substituents is 1. The van der Waals surface area contributed by atoms with Crippen LogP contribution >= 0.6 is 0 Å². The van der Waals surface area contributed by atoms with E-state index < -0.39 is 27.9 Å². The maximum absolute atomic E-state index is 12.8. The van der Waals surface area contributed by atoms with E-state index in [4.69, 9.17) is 0 Å². The molecule has 0 aliphatic rings. The molecule has 2 aromatic carbocycles. The molecule has 1 heterocycles. The van der Waals surface area contributed by atoms with Crippen molar-refractivity contribution in [1.82, 2.24) is 9.78 Å². The molecule has 0 N–H and O–H groups in total. The van der Waals surface area contributed by atoms with Gasteiger partial charge in [-0.1, -0.05) is 18.2 Å². The zero-order valence-electron chi connectivity index (χ0n) is 11.8. The molecule has 24 heavy (non-hydrogen) atoms. The van der Waals surface area contributed by atoms with Crippen LogP contribution in [0.25, 0.3) is 16.5 Å². The third-order valence-electron chi connectivity index (χ3n) is 3.41. The van der Waals surface area contributed by atoms with Crippen molar-refractivity contribution < 1.29 is 18.1 Å². The van der Waals surface area contributed by atoms with Crippen molar-refractivity contribution in [3.63, 3.8) is 0 Å². The number of fused-ring (bicyclic) bond motifs is 1. The Morgan fingerprint density at radius 2 is 1.83 bits per heavy atom. The maximum atomic E-state index is 12.8. The number of rotatable bonds is 2. The van der Waals surface area contributed by atoms with Gasteiger partial charge in [-0.3, -0.25) is 14.9 Å². The average Bonchev–Trinajstić information content (AvgIpc) is 2.54. The highest BCUT2D eigenvalue weighted by molar-refractivity contribution is 5.89. The van der Waals surface area contributed by atoms with Crippen LogP contribution in [0.2, 0.25) is 0 Å². The summed E-state index contributed by atoms with van der Waals surface area (Å²) in [5.74, 6) is 0. The Morgan fingerprint density at radius 3 is 2.50 bits per heavy atom. The van der Waals surface area contributed by atoms with Crippen LogP contribution in [0.1, 0.15) is 5.56 Å². The third kappa shape index (κ3) is 2.60. The van der Waals surface area contributed by atoms with Gasteiger partial charge in [0.15, 0.2) is 0 Å². The van der Waals surface area contributed by atoms with E-state index in [0.717, 1.165) is 24.3 Å². The Labute approximate surface area is 131 Å². The van der Waals surface area contributed by atoms with Crippen molar-refractivity contribution in [3.05, 3.63) is 74.7 Å². The molecule has 0 saturated heterocycles. The molecular formula is C15H8F3N3O3. The highest BCUT2D eigenvalue weighted by atomic mass is 19.4. The van der Waals surface area contributed by atoms with Crippen molar-refractivity contribution in [2.75, 3.05) is 0 Å². The lowest BCUT2D eigenvalue weighted by Crippen LogP contribution is -2.22. The van der Waals surface area contributed by atoms with Gasteiger partial charge in [-0.2, -0.15) is 23.0 Å². The van der Waals surface area contributed by atoms with E-state index in [1.165, 1.54) is 24.4 Å². The summed E-state index contributed by atoms with van der Waals surface area (Å²) >= 11 is 0. The highest BCUT2D eigenvalue weighted by Crippen LogP contribution is 2.30. The van der Waals surface area contributed by atoms with Crippen LogP contribution in [0.3, 0.4) is 0 Å². The van der Waals surface area contributed by atoms with Gasteiger partial charge in [0.1, 0.15) is 5.39 Å². The van der Waals surface area contributed by atoms with E-state index in [0.29, 0.717) is 4.68 Å². The fourth-order valence-corrected chi connectivity index (χ4v) is 2.33. The van der Waals surface area contributed by atoms with Gasteiger partial charge in [0.25, 0.3) is 11.2 Å². The molecule has 0 saturated carbocycles. The summed E-state index contributed by atoms with van der Waals surface area (Å²) in [6.07, 6.45) is -3.38. The van der Waals surface area contributed by atoms with E-state index in [-0.39, 0.29) is 16.5 Å². The highest BCUT2D eigenvalue weighted by Gasteiger charge is 2.30. The van der Waals surface area contributed by atoms with Crippen LogP contribution in [0, 0.1) is 10.1 Å². The maximum Gasteiger partial charge on any atom is 0.416 e. The predicted molar refractivity (Wildman–Crippen MR) is 79.0 cm³/mol. The summed E-state index contributed by atoms with van der Waals surface area (Å²) in [7, 11) is 0. The minimum Gasteiger partial charge on any atom is -0.266 e. The fraction of sp³-hybridized carbons (Fsp3) is 0.0667. The monoisotopic (exact) mass is 335 g/mol. The van der Waals surface area contributed by atoms with Crippen molar-refractivity contribution in [2.45, 2.75) is 6.18 Å². The number of alkyl halides is 3. The molecule has 0 spiro atoms. The largest absolute Gasteiger partial charge is 0.416 e. The van der Waals surface area contributed by atoms with Crippen molar-refractivity contribution in [1.29, 1.82) is 0 Å². The number of benzene rings is 2. The number of halogens is 3. The molecule has 0 aliphatic carbocycles. The lowest BCUT2D eigenvalue weighted by molar-refractivity contribution is -0.383. The first-order chi connectivity index (χ1) is 11.3. The van der Waals surface area contributed by atoms with Crippen molar-refractivity contribution in [2.24, 2.45) is 0 Å². The topological polar surface area (TPSA) is 78.0 Å². The SMILES string of the molecule is O=c1c2c([N+](=O)[O-])cccc2cnn1-c1cccc(C(F)(F)F)c1. The molecule has 3 aromatic rings. The first-order valence-corrected chi connectivity index (χ1v) is 6.62. The van der Waals surface area contributed by atoms with Crippen LogP contribution in [0.4, 0.5) is 18.9 Å². The first-order valence-electron chi connectivity index (χ1n) is 6.62. The zero-order chi connectivity index (χ0) is 17.5. The van der Waals surface area contributed by atoms with E-state index in [2.05, 4.69) is 5.10 Å². The Balaban J connectivity index is 2.29. The summed E-state index contributed by atoms with van der Waals surface area (Å²) in [6, 6.07) is 8.04. The van der Waals surface area contributed by atoms with Gasteiger partial charge in [-0.15, -0.1) is 0 Å². The molecule has 0 fully saturated rings.